The van der Waals surface area contributed by atoms with Gasteiger partial charge in [-0.15, -0.1) is 0 Å². The number of hydrogen-bond acceptors (Lipinski definition) is 4. The van der Waals surface area contributed by atoms with E-state index >= 15 is 0 Å². The normalized spacial score (nSPS) is 25.9. The van der Waals surface area contributed by atoms with Crippen LogP contribution in [0.25, 0.3) is 0 Å². The van der Waals surface area contributed by atoms with Crippen LogP contribution in [0.5, 0.6) is 0 Å². The van der Waals surface area contributed by atoms with E-state index in [9.17, 15) is 0 Å². The van der Waals surface area contributed by atoms with Gasteiger partial charge in [-0.1, -0.05) is 6.92 Å². The molecule has 2 rings (SSSR count). The molecule has 0 aromatic carbocycles. The molecule has 2 N–H and O–H groups in total. The first-order valence-corrected chi connectivity index (χ1v) is 5.89. The lowest BCUT2D eigenvalue weighted by molar-refractivity contribution is 0.379. The van der Waals surface area contributed by atoms with Gasteiger partial charge in [0.15, 0.2) is 0 Å². The molecule has 0 aliphatic carbocycles. The molecule has 1 aromatic heterocycles. The van der Waals surface area contributed by atoms with Crippen LogP contribution >= 0.6 is 0 Å². The summed E-state index contributed by atoms with van der Waals surface area (Å²) in [5.74, 6) is 1.37. The number of rotatable bonds is 1. The maximum atomic E-state index is 6.01. The Kier molecular flexibility index (Phi) is 3.10. The molecule has 1 aromatic rings. The fraction of sp³-hybridized carbons (Fsp3) is 0.667. The van der Waals surface area contributed by atoms with Crippen LogP contribution in [-0.4, -0.2) is 29.1 Å². The smallest absolute Gasteiger partial charge is 0.225 e. The minimum atomic E-state index is 0.321. The lowest BCUT2D eigenvalue weighted by Gasteiger charge is -2.35. The van der Waals surface area contributed by atoms with Gasteiger partial charge in [-0.25, -0.2) is 9.97 Å². The highest BCUT2D eigenvalue weighted by molar-refractivity contribution is 5.33. The largest absolute Gasteiger partial charge is 0.340 e. The summed E-state index contributed by atoms with van der Waals surface area (Å²) in [5.41, 5.74) is 8.08. The Morgan fingerprint density at radius 3 is 2.50 bits per heavy atom. The van der Waals surface area contributed by atoms with E-state index in [2.05, 4.69) is 21.8 Å². The van der Waals surface area contributed by atoms with Gasteiger partial charge in [0.05, 0.1) is 0 Å². The summed E-state index contributed by atoms with van der Waals surface area (Å²) in [5, 5.41) is 0. The fourth-order valence-electron chi connectivity index (χ4n) is 2.19. The van der Waals surface area contributed by atoms with Crippen LogP contribution in [0.4, 0.5) is 5.95 Å². The zero-order chi connectivity index (χ0) is 11.7. The van der Waals surface area contributed by atoms with Gasteiger partial charge in [0.25, 0.3) is 0 Å². The van der Waals surface area contributed by atoms with Crippen LogP contribution in [-0.2, 0) is 0 Å². The van der Waals surface area contributed by atoms with Crippen LogP contribution in [0, 0.1) is 19.8 Å². The van der Waals surface area contributed by atoms with Crippen molar-refractivity contribution < 1.29 is 0 Å². The molecule has 0 saturated carbocycles. The van der Waals surface area contributed by atoms with Crippen molar-refractivity contribution in [1.29, 1.82) is 0 Å². The number of nitrogens with zero attached hydrogens (tertiary/aromatic N) is 3. The molecule has 1 fully saturated rings. The SMILES string of the molecule is Cc1cc(C)nc(N2CCC(N)C(C)C2)n1. The minimum Gasteiger partial charge on any atom is -0.340 e. The monoisotopic (exact) mass is 220 g/mol. The number of hydrogen-bond donors (Lipinski definition) is 1. The topological polar surface area (TPSA) is 55.0 Å². The van der Waals surface area contributed by atoms with Gasteiger partial charge >= 0.3 is 0 Å². The van der Waals surface area contributed by atoms with Crippen molar-refractivity contribution in [3.05, 3.63) is 17.5 Å². The Balaban J connectivity index is 2.18. The molecule has 4 heteroatoms. The molecule has 1 aliphatic heterocycles. The van der Waals surface area contributed by atoms with E-state index in [1.54, 1.807) is 0 Å². The molecule has 0 bridgehead atoms. The first-order chi connectivity index (χ1) is 7.56. The molecule has 2 heterocycles. The van der Waals surface area contributed by atoms with Gasteiger partial charge in [-0.2, -0.15) is 0 Å². The van der Waals surface area contributed by atoms with Gasteiger partial charge in [0.1, 0.15) is 0 Å². The average Bonchev–Trinajstić information content (AvgIpc) is 2.20. The van der Waals surface area contributed by atoms with Gasteiger partial charge in [0, 0.05) is 30.5 Å². The van der Waals surface area contributed by atoms with Crippen LogP contribution in [0.1, 0.15) is 24.7 Å². The fourth-order valence-corrected chi connectivity index (χ4v) is 2.19. The number of piperidine rings is 1. The summed E-state index contributed by atoms with van der Waals surface area (Å²) >= 11 is 0. The highest BCUT2D eigenvalue weighted by atomic mass is 15.3. The Morgan fingerprint density at radius 2 is 1.94 bits per heavy atom. The van der Waals surface area contributed by atoms with Gasteiger partial charge < -0.3 is 10.6 Å². The van der Waals surface area contributed by atoms with Gasteiger partial charge in [-0.05, 0) is 32.3 Å². The van der Waals surface area contributed by atoms with Crippen LogP contribution in [0.3, 0.4) is 0 Å². The first kappa shape index (κ1) is 11.3. The summed E-state index contributed by atoms with van der Waals surface area (Å²) in [6, 6.07) is 2.32. The van der Waals surface area contributed by atoms with E-state index in [1.807, 2.05) is 19.9 Å². The Morgan fingerprint density at radius 1 is 1.31 bits per heavy atom. The van der Waals surface area contributed by atoms with E-state index in [1.165, 1.54) is 0 Å². The molecule has 1 aliphatic rings. The standard InChI is InChI=1S/C12H20N4/c1-8-7-16(5-4-11(8)13)12-14-9(2)6-10(3)15-12/h6,8,11H,4-5,7,13H2,1-3H3. The molecule has 88 valence electrons. The zero-order valence-corrected chi connectivity index (χ0v) is 10.3. The maximum absolute atomic E-state index is 6.01. The van der Waals surface area contributed by atoms with E-state index in [-0.39, 0.29) is 0 Å². The molecule has 16 heavy (non-hydrogen) atoms. The van der Waals surface area contributed by atoms with Crippen molar-refractivity contribution in [3.8, 4) is 0 Å². The summed E-state index contributed by atoms with van der Waals surface area (Å²) < 4.78 is 0. The Hall–Kier alpha value is -1.16. The second-order valence-corrected chi connectivity index (χ2v) is 4.83. The van der Waals surface area contributed by atoms with E-state index < -0.39 is 0 Å². The number of nitrogens with two attached hydrogens (primary N) is 1. The molecule has 0 radical (unpaired) electrons. The molecule has 0 amide bonds. The molecule has 1 saturated heterocycles. The Bertz CT molecular complexity index is 357. The molecule has 2 unspecified atom stereocenters. The van der Waals surface area contributed by atoms with E-state index in [4.69, 9.17) is 5.73 Å². The van der Waals surface area contributed by atoms with Crippen LogP contribution in [0.2, 0.25) is 0 Å². The third-order valence-electron chi connectivity index (χ3n) is 3.22. The minimum absolute atomic E-state index is 0.321. The number of anilines is 1. The second kappa shape index (κ2) is 4.37. The summed E-state index contributed by atoms with van der Waals surface area (Å²) in [4.78, 5) is 11.2. The lowest BCUT2D eigenvalue weighted by atomic mass is 9.95. The quantitative estimate of drug-likeness (QED) is 0.774. The zero-order valence-electron chi connectivity index (χ0n) is 10.3. The second-order valence-electron chi connectivity index (χ2n) is 4.83. The number of aromatic nitrogens is 2. The van der Waals surface area contributed by atoms with Crippen molar-refractivity contribution in [1.82, 2.24) is 9.97 Å². The highest BCUT2D eigenvalue weighted by Crippen LogP contribution is 2.19. The number of aryl methyl sites for hydroxylation is 2. The lowest BCUT2D eigenvalue weighted by Crippen LogP contribution is -2.46. The molecule has 0 spiro atoms. The van der Waals surface area contributed by atoms with Crippen LogP contribution in [0.15, 0.2) is 6.07 Å². The van der Waals surface area contributed by atoms with E-state index in [0.29, 0.717) is 12.0 Å². The van der Waals surface area contributed by atoms with Crippen molar-refractivity contribution in [3.63, 3.8) is 0 Å². The van der Waals surface area contributed by atoms with Crippen molar-refractivity contribution in [2.45, 2.75) is 33.2 Å². The van der Waals surface area contributed by atoms with Crippen molar-refractivity contribution in [2.24, 2.45) is 11.7 Å². The van der Waals surface area contributed by atoms with Crippen molar-refractivity contribution >= 4 is 5.95 Å². The third-order valence-corrected chi connectivity index (χ3v) is 3.22. The van der Waals surface area contributed by atoms with Crippen LogP contribution < -0.4 is 10.6 Å². The van der Waals surface area contributed by atoms with Gasteiger partial charge in [0.2, 0.25) is 5.95 Å². The van der Waals surface area contributed by atoms with E-state index in [0.717, 1.165) is 36.8 Å². The Labute approximate surface area is 96.9 Å². The predicted octanol–water partition coefficient (Wildman–Crippen LogP) is 1.27. The first-order valence-electron chi connectivity index (χ1n) is 5.89. The van der Waals surface area contributed by atoms with Gasteiger partial charge in [-0.3, -0.25) is 0 Å². The molecule has 4 nitrogen and oxygen atoms in total. The highest BCUT2D eigenvalue weighted by Gasteiger charge is 2.24. The maximum Gasteiger partial charge on any atom is 0.225 e. The molecule has 2 atom stereocenters. The summed E-state index contributed by atoms with van der Waals surface area (Å²) in [6.07, 6.45) is 1.03. The molecular weight excluding hydrogens is 200 g/mol. The predicted molar refractivity (Wildman–Crippen MR) is 65.5 cm³/mol. The summed E-state index contributed by atoms with van der Waals surface area (Å²) in [7, 11) is 0. The molecular formula is C12H20N4. The average molecular weight is 220 g/mol. The summed E-state index contributed by atoms with van der Waals surface area (Å²) in [6.45, 7) is 8.15. The third kappa shape index (κ3) is 2.32. The van der Waals surface area contributed by atoms with Crippen molar-refractivity contribution in [2.75, 3.05) is 18.0 Å².